The lowest BCUT2D eigenvalue weighted by Gasteiger charge is -2.07. The number of aromatic nitrogens is 4. The maximum atomic E-state index is 4.23. The van der Waals surface area contributed by atoms with Crippen molar-refractivity contribution in [3.63, 3.8) is 0 Å². The van der Waals surface area contributed by atoms with Gasteiger partial charge >= 0.3 is 0 Å². The number of nitrogens with one attached hydrogen (secondary N) is 1. The van der Waals surface area contributed by atoms with E-state index in [1.165, 1.54) is 0 Å². The first-order chi connectivity index (χ1) is 7.90. The molecule has 0 amide bonds. The topological polar surface area (TPSA) is 47.7 Å². The van der Waals surface area contributed by atoms with E-state index in [1.807, 2.05) is 33.8 Å². The van der Waals surface area contributed by atoms with Gasteiger partial charge in [-0.15, -0.1) is 6.58 Å². The number of nitrogens with zero attached hydrogens (tertiary/aromatic N) is 4. The van der Waals surface area contributed by atoms with Crippen LogP contribution >= 0.6 is 0 Å². The van der Waals surface area contributed by atoms with Crippen molar-refractivity contribution in [2.75, 3.05) is 11.9 Å². The number of allylic oxidation sites excluding steroid dienone is 1. The maximum absolute atomic E-state index is 4.23. The molecule has 2 rings (SSSR count). The summed E-state index contributed by atoms with van der Waals surface area (Å²) in [6.07, 6.45) is 9.27. The van der Waals surface area contributed by atoms with E-state index in [2.05, 4.69) is 22.0 Å². The first-order valence-electron chi connectivity index (χ1n) is 5.23. The first kappa shape index (κ1) is 10.5. The zero-order valence-electron chi connectivity index (χ0n) is 9.08. The van der Waals surface area contributed by atoms with E-state index in [0.29, 0.717) is 0 Å². The van der Waals surface area contributed by atoms with Gasteiger partial charge in [-0.25, -0.2) is 4.98 Å². The van der Waals surface area contributed by atoms with Gasteiger partial charge in [0, 0.05) is 37.9 Å². The standard InChI is InChI=1S/C11H15N5/c1-2-7-15-9-5-12-11(15)13-6-10-16-8-3-4-14-16/h2-5,8-9H,1,6-7,10H2,(H,12,13). The number of hydrogen-bond donors (Lipinski definition) is 1. The number of imidazole rings is 1. The molecule has 5 nitrogen and oxygen atoms in total. The Balaban J connectivity index is 1.84. The monoisotopic (exact) mass is 217 g/mol. The normalized spacial score (nSPS) is 10.2. The minimum Gasteiger partial charge on any atom is -0.354 e. The Kier molecular flexibility index (Phi) is 3.38. The van der Waals surface area contributed by atoms with Crippen LogP contribution in [0, 0.1) is 0 Å². The molecule has 16 heavy (non-hydrogen) atoms. The summed E-state index contributed by atoms with van der Waals surface area (Å²) in [5, 5.41) is 7.39. The van der Waals surface area contributed by atoms with Crippen LogP contribution in [0.2, 0.25) is 0 Å². The second-order valence-corrected chi connectivity index (χ2v) is 3.39. The average Bonchev–Trinajstić information content (AvgIpc) is 2.91. The highest BCUT2D eigenvalue weighted by molar-refractivity contribution is 5.25. The maximum Gasteiger partial charge on any atom is 0.203 e. The molecule has 0 bridgehead atoms. The van der Waals surface area contributed by atoms with E-state index in [1.54, 1.807) is 12.4 Å². The summed E-state index contributed by atoms with van der Waals surface area (Å²) in [5.74, 6) is 0.868. The van der Waals surface area contributed by atoms with Crippen molar-refractivity contribution in [3.05, 3.63) is 43.5 Å². The Labute approximate surface area is 94.4 Å². The molecule has 0 atom stereocenters. The van der Waals surface area contributed by atoms with Gasteiger partial charge in [0.2, 0.25) is 5.95 Å². The van der Waals surface area contributed by atoms with Crippen molar-refractivity contribution in [2.24, 2.45) is 0 Å². The molecule has 0 aliphatic carbocycles. The van der Waals surface area contributed by atoms with Gasteiger partial charge in [0.1, 0.15) is 0 Å². The lowest BCUT2D eigenvalue weighted by molar-refractivity contribution is 0.633. The van der Waals surface area contributed by atoms with Crippen LogP contribution in [0.1, 0.15) is 0 Å². The van der Waals surface area contributed by atoms with Crippen LogP contribution in [0.15, 0.2) is 43.5 Å². The van der Waals surface area contributed by atoms with Gasteiger partial charge in [-0.1, -0.05) is 6.08 Å². The van der Waals surface area contributed by atoms with E-state index in [4.69, 9.17) is 0 Å². The highest BCUT2D eigenvalue weighted by atomic mass is 15.3. The van der Waals surface area contributed by atoms with Crippen LogP contribution in [0.25, 0.3) is 0 Å². The summed E-state index contributed by atoms with van der Waals surface area (Å²) in [5.41, 5.74) is 0. The second-order valence-electron chi connectivity index (χ2n) is 3.39. The van der Waals surface area contributed by atoms with Gasteiger partial charge < -0.3 is 9.88 Å². The molecule has 1 N–H and O–H groups in total. The average molecular weight is 217 g/mol. The molecule has 0 unspecified atom stereocenters. The summed E-state index contributed by atoms with van der Waals surface area (Å²) < 4.78 is 3.89. The van der Waals surface area contributed by atoms with Crippen LogP contribution in [0.5, 0.6) is 0 Å². The van der Waals surface area contributed by atoms with Crippen molar-refractivity contribution >= 4 is 5.95 Å². The van der Waals surface area contributed by atoms with E-state index in [0.717, 1.165) is 25.6 Å². The number of anilines is 1. The highest BCUT2D eigenvalue weighted by Gasteiger charge is 1.99. The molecule has 5 heteroatoms. The lowest BCUT2D eigenvalue weighted by Crippen LogP contribution is -2.13. The quantitative estimate of drug-likeness (QED) is 0.743. The molecule has 0 aliphatic rings. The van der Waals surface area contributed by atoms with Gasteiger partial charge in [0.05, 0.1) is 6.54 Å². The number of rotatable bonds is 6. The predicted octanol–water partition coefficient (Wildman–Crippen LogP) is 1.38. The van der Waals surface area contributed by atoms with Gasteiger partial charge in [-0.3, -0.25) is 4.68 Å². The van der Waals surface area contributed by atoms with E-state index < -0.39 is 0 Å². The van der Waals surface area contributed by atoms with E-state index >= 15 is 0 Å². The summed E-state index contributed by atoms with van der Waals surface area (Å²) in [6.45, 7) is 6.10. The number of hydrogen-bond acceptors (Lipinski definition) is 3. The van der Waals surface area contributed by atoms with E-state index in [9.17, 15) is 0 Å². The molecular weight excluding hydrogens is 202 g/mol. The van der Waals surface area contributed by atoms with Crippen LogP contribution < -0.4 is 5.32 Å². The Hall–Kier alpha value is -2.04. The van der Waals surface area contributed by atoms with Crippen molar-refractivity contribution < 1.29 is 0 Å². The Morgan fingerprint density at radius 2 is 2.31 bits per heavy atom. The van der Waals surface area contributed by atoms with Crippen molar-refractivity contribution in [2.45, 2.75) is 13.1 Å². The van der Waals surface area contributed by atoms with Crippen LogP contribution in [0.3, 0.4) is 0 Å². The zero-order chi connectivity index (χ0) is 11.2. The van der Waals surface area contributed by atoms with Gasteiger partial charge in [-0.05, 0) is 6.07 Å². The van der Waals surface area contributed by atoms with Gasteiger partial charge in [0.25, 0.3) is 0 Å². The van der Waals surface area contributed by atoms with Gasteiger partial charge in [-0.2, -0.15) is 5.10 Å². The molecule has 0 radical (unpaired) electrons. The fourth-order valence-electron chi connectivity index (χ4n) is 1.48. The van der Waals surface area contributed by atoms with Crippen LogP contribution in [0.4, 0.5) is 5.95 Å². The van der Waals surface area contributed by atoms with Crippen LogP contribution in [-0.2, 0) is 13.1 Å². The summed E-state index contributed by atoms with van der Waals surface area (Å²) in [6, 6.07) is 1.92. The predicted molar refractivity (Wildman–Crippen MR) is 63.1 cm³/mol. The molecule has 0 aliphatic heterocycles. The third-order valence-electron chi connectivity index (χ3n) is 2.22. The molecule has 84 valence electrons. The molecular formula is C11H15N5. The van der Waals surface area contributed by atoms with Crippen LogP contribution in [-0.4, -0.2) is 25.9 Å². The summed E-state index contributed by atoms with van der Waals surface area (Å²) >= 11 is 0. The molecule has 0 saturated heterocycles. The molecule has 0 fully saturated rings. The fraction of sp³-hybridized carbons (Fsp3) is 0.273. The fourth-order valence-corrected chi connectivity index (χ4v) is 1.48. The molecule has 0 aromatic carbocycles. The summed E-state index contributed by atoms with van der Waals surface area (Å²) in [4.78, 5) is 4.23. The largest absolute Gasteiger partial charge is 0.354 e. The van der Waals surface area contributed by atoms with Gasteiger partial charge in [0.15, 0.2) is 0 Å². The van der Waals surface area contributed by atoms with Crippen molar-refractivity contribution in [1.29, 1.82) is 0 Å². The Morgan fingerprint density at radius 3 is 3.06 bits per heavy atom. The lowest BCUT2D eigenvalue weighted by atomic mass is 10.6. The molecule has 2 aromatic rings. The van der Waals surface area contributed by atoms with Crippen molar-refractivity contribution in [3.8, 4) is 0 Å². The zero-order valence-corrected chi connectivity index (χ0v) is 9.08. The minimum atomic E-state index is 0.768. The molecule has 2 aromatic heterocycles. The minimum absolute atomic E-state index is 0.768. The van der Waals surface area contributed by atoms with E-state index in [-0.39, 0.29) is 0 Å². The first-order valence-corrected chi connectivity index (χ1v) is 5.23. The van der Waals surface area contributed by atoms with Crippen molar-refractivity contribution in [1.82, 2.24) is 19.3 Å². The Bertz CT molecular complexity index is 429. The second kappa shape index (κ2) is 5.16. The highest BCUT2D eigenvalue weighted by Crippen LogP contribution is 2.03. The summed E-state index contributed by atoms with van der Waals surface area (Å²) in [7, 11) is 0. The Morgan fingerprint density at radius 1 is 1.38 bits per heavy atom. The smallest absolute Gasteiger partial charge is 0.203 e. The molecule has 0 saturated carbocycles. The third-order valence-corrected chi connectivity index (χ3v) is 2.22. The third kappa shape index (κ3) is 2.50. The molecule has 0 spiro atoms. The SMILES string of the molecule is C=CCn1ccnc1NCCn1cccn1. The molecule has 2 heterocycles.